The first-order valence-electron chi connectivity index (χ1n) is 8.66. The Hall–Kier alpha value is -1.12. The Bertz CT molecular complexity index is 767. The van der Waals surface area contributed by atoms with Gasteiger partial charge in [-0.15, -0.1) is 0 Å². The van der Waals surface area contributed by atoms with Crippen LogP contribution in [-0.2, 0) is 0 Å². The summed E-state index contributed by atoms with van der Waals surface area (Å²) in [4.78, 5) is 12.7. The van der Waals surface area contributed by atoms with Gasteiger partial charge in [0.1, 0.15) is 0 Å². The summed E-state index contributed by atoms with van der Waals surface area (Å²) in [5.74, 6) is 0.642. The minimum Gasteiger partial charge on any atom is -0.289 e. The van der Waals surface area contributed by atoms with Gasteiger partial charge in [-0.2, -0.15) is 0 Å². The van der Waals surface area contributed by atoms with Crippen LogP contribution in [0.4, 0.5) is 0 Å². The lowest BCUT2D eigenvalue weighted by Crippen LogP contribution is -2.14. The largest absolute Gasteiger partial charge is 0.289 e. The maximum Gasteiger partial charge on any atom is 0.194 e. The van der Waals surface area contributed by atoms with Gasteiger partial charge in [0.15, 0.2) is 5.78 Å². The summed E-state index contributed by atoms with van der Waals surface area (Å²) in [6.07, 6.45) is 8.24. The maximum atomic E-state index is 12.7. The third-order valence-electron chi connectivity index (χ3n) is 5.82. The third-order valence-corrected chi connectivity index (χ3v) is 6.64. The van der Waals surface area contributed by atoms with Crippen molar-refractivity contribution in [1.29, 1.82) is 0 Å². The van der Waals surface area contributed by atoms with Gasteiger partial charge >= 0.3 is 0 Å². The SMILES string of the molecule is O=C(c1ccc(C2CCC3(CC2)CC3)cc1)c1cc(Br)ccc1Cl. The maximum absolute atomic E-state index is 12.7. The molecule has 24 heavy (non-hydrogen) atoms. The summed E-state index contributed by atoms with van der Waals surface area (Å²) in [6, 6.07) is 13.6. The predicted octanol–water partition coefficient (Wildman–Crippen LogP) is 6.77. The second kappa shape index (κ2) is 6.31. The predicted molar refractivity (Wildman–Crippen MR) is 102 cm³/mol. The molecule has 0 aliphatic heterocycles. The van der Waals surface area contributed by atoms with Gasteiger partial charge < -0.3 is 0 Å². The van der Waals surface area contributed by atoms with Crippen LogP contribution >= 0.6 is 27.5 Å². The van der Waals surface area contributed by atoms with E-state index in [0.717, 1.165) is 9.89 Å². The molecule has 124 valence electrons. The molecular formula is C21H20BrClO. The van der Waals surface area contributed by atoms with Gasteiger partial charge in [0.2, 0.25) is 0 Å². The molecule has 2 saturated carbocycles. The van der Waals surface area contributed by atoms with Gasteiger partial charge in [-0.1, -0.05) is 51.8 Å². The molecule has 3 heteroatoms. The third kappa shape index (κ3) is 3.19. The number of rotatable bonds is 3. The van der Waals surface area contributed by atoms with Crippen LogP contribution in [0.3, 0.4) is 0 Å². The lowest BCUT2D eigenvalue weighted by atomic mass is 9.77. The molecule has 1 nitrogen and oxygen atoms in total. The van der Waals surface area contributed by atoms with E-state index >= 15 is 0 Å². The molecule has 0 N–H and O–H groups in total. The lowest BCUT2D eigenvalue weighted by Gasteiger charge is -2.28. The molecule has 2 aromatic rings. The Balaban J connectivity index is 1.51. The van der Waals surface area contributed by atoms with Crippen LogP contribution in [0.15, 0.2) is 46.9 Å². The van der Waals surface area contributed by atoms with E-state index in [1.807, 2.05) is 18.2 Å². The summed E-state index contributed by atoms with van der Waals surface area (Å²) in [6.45, 7) is 0. The fraction of sp³-hybridized carbons (Fsp3) is 0.381. The van der Waals surface area contributed by atoms with E-state index in [2.05, 4.69) is 28.1 Å². The van der Waals surface area contributed by atoms with Crippen molar-refractivity contribution in [2.24, 2.45) is 5.41 Å². The minimum atomic E-state index is -0.0200. The zero-order chi connectivity index (χ0) is 16.7. The quantitative estimate of drug-likeness (QED) is 0.517. The van der Waals surface area contributed by atoms with Crippen molar-refractivity contribution in [3.05, 3.63) is 68.7 Å². The van der Waals surface area contributed by atoms with Gasteiger partial charge in [-0.05, 0) is 73.6 Å². The highest BCUT2D eigenvalue weighted by Crippen LogP contribution is 2.58. The summed E-state index contributed by atoms with van der Waals surface area (Å²) in [5, 5.41) is 0.495. The smallest absolute Gasteiger partial charge is 0.194 e. The summed E-state index contributed by atoms with van der Waals surface area (Å²) < 4.78 is 0.864. The second-order valence-corrected chi connectivity index (χ2v) is 8.67. The van der Waals surface area contributed by atoms with E-state index in [-0.39, 0.29) is 5.78 Å². The Kier molecular flexibility index (Phi) is 4.30. The number of halogens is 2. The highest BCUT2D eigenvalue weighted by molar-refractivity contribution is 9.10. The highest BCUT2D eigenvalue weighted by Gasteiger charge is 2.44. The molecule has 0 unspecified atom stereocenters. The van der Waals surface area contributed by atoms with E-state index in [0.29, 0.717) is 22.1 Å². The number of carbonyl (C=O) groups excluding carboxylic acids is 1. The number of hydrogen-bond donors (Lipinski definition) is 0. The van der Waals surface area contributed by atoms with Crippen LogP contribution in [0.25, 0.3) is 0 Å². The molecule has 2 fully saturated rings. The van der Waals surface area contributed by atoms with Crippen molar-refractivity contribution < 1.29 is 4.79 Å². The van der Waals surface area contributed by atoms with E-state index < -0.39 is 0 Å². The minimum absolute atomic E-state index is 0.0200. The topological polar surface area (TPSA) is 17.1 Å². The summed E-state index contributed by atoms with van der Waals surface area (Å²) >= 11 is 9.59. The normalized spacial score (nSPS) is 19.4. The van der Waals surface area contributed by atoms with Gasteiger partial charge in [-0.25, -0.2) is 0 Å². The molecule has 0 atom stereocenters. The molecule has 4 rings (SSSR count). The first kappa shape index (κ1) is 16.4. The number of carbonyl (C=O) groups is 1. The van der Waals surface area contributed by atoms with Crippen molar-refractivity contribution in [2.45, 2.75) is 44.4 Å². The standard InChI is InChI=1S/C21H20BrClO/c22-17-5-6-19(23)18(13-17)20(24)16-3-1-14(2-4-16)15-7-9-21(10-8-15)11-12-21/h1-6,13,15H,7-12H2. The van der Waals surface area contributed by atoms with Gasteiger partial charge in [0.05, 0.1) is 5.02 Å². The Morgan fingerprint density at radius 2 is 1.67 bits per heavy atom. The Morgan fingerprint density at radius 1 is 1.00 bits per heavy atom. The van der Waals surface area contributed by atoms with Crippen molar-refractivity contribution in [3.63, 3.8) is 0 Å². The fourth-order valence-electron chi connectivity index (χ4n) is 3.97. The van der Waals surface area contributed by atoms with Crippen LogP contribution in [-0.4, -0.2) is 5.78 Å². The molecule has 0 heterocycles. The van der Waals surface area contributed by atoms with Gasteiger partial charge in [0, 0.05) is 15.6 Å². The van der Waals surface area contributed by atoms with Crippen LogP contribution in [0, 0.1) is 5.41 Å². The number of hydrogen-bond acceptors (Lipinski definition) is 1. The molecule has 0 aromatic heterocycles. The van der Waals surface area contributed by atoms with Crippen LogP contribution < -0.4 is 0 Å². The highest BCUT2D eigenvalue weighted by atomic mass is 79.9. The molecule has 2 aliphatic carbocycles. The van der Waals surface area contributed by atoms with E-state index in [4.69, 9.17) is 11.6 Å². The zero-order valence-corrected chi connectivity index (χ0v) is 15.9. The summed E-state index contributed by atoms with van der Waals surface area (Å²) in [5.41, 5.74) is 3.35. The second-order valence-electron chi connectivity index (χ2n) is 7.35. The zero-order valence-electron chi connectivity index (χ0n) is 13.5. The molecular weight excluding hydrogens is 384 g/mol. The molecule has 0 amide bonds. The average Bonchev–Trinajstić information content (AvgIpc) is 3.36. The molecule has 2 aliphatic rings. The Labute approximate surface area is 156 Å². The van der Waals surface area contributed by atoms with Crippen molar-refractivity contribution in [1.82, 2.24) is 0 Å². The van der Waals surface area contributed by atoms with E-state index in [1.54, 1.807) is 12.1 Å². The number of ketones is 1. The lowest BCUT2D eigenvalue weighted by molar-refractivity contribution is 0.103. The van der Waals surface area contributed by atoms with Crippen molar-refractivity contribution in [2.75, 3.05) is 0 Å². The van der Waals surface area contributed by atoms with Crippen LogP contribution in [0.2, 0.25) is 5.02 Å². The van der Waals surface area contributed by atoms with E-state index in [1.165, 1.54) is 44.1 Å². The van der Waals surface area contributed by atoms with Gasteiger partial charge in [-0.3, -0.25) is 4.79 Å². The average molecular weight is 404 g/mol. The fourth-order valence-corrected chi connectivity index (χ4v) is 4.54. The first-order valence-corrected chi connectivity index (χ1v) is 9.83. The van der Waals surface area contributed by atoms with E-state index in [9.17, 15) is 4.79 Å². The summed E-state index contributed by atoms with van der Waals surface area (Å²) in [7, 11) is 0. The van der Waals surface area contributed by atoms with Gasteiger partial charge in [0.25, 0.3) is 0 Å². The van der Waals surface area contributed by atoms with Crippen LogP contribution in [0.5, 0.6) is 0 Å². The number of benzene rings is 2. The molecule has 0 saturated heterocycles. The molecule has 0 radical (unpaired) electrons. The monoisotopic (exact) mass is 402 g/mol. The molecule has 0 bridgehead atoms. The first-order chi connectivity index (χ1) is 11.6. The Morgan fingerprint density at radius 3 is 2.29 bits per heavy atom. The van der Waals surface area contributed by atoms with Crippen molar-refractivity contribution >= 4 is 33.3 Å². The van der Waals surface area contributed by atoms with Crippen molar-refractivity contribution in [3.8, 4) is 0 Å². The molecule has 2 aromatic carbocycles. The molecule has 1 spiro atoms. The van der Waals surface area contributed by atoms with Crippen LogP contribution in [0.1, 0.15) is 65.9 Å².